The summed E-state index contributed by atoms with van der Waals surface area (Å²) in [5.74, 6) is 0.679. The Kier molecular flexibility index (Phi) is 4.41. The predicted molar refractivity (Wildman–Crippen MR) is 95.5 cm³/mol. The Balaban J connectivity index is 2.22. The molecule has 0 aliphatic carbocycles. The Morgan fingerprint density at radius 2 is 2.09 bits per heavy atom. The highest BCUT2D eigenvalue weighted by Crippen LogP contribution is 2.30. The fourth-order valence-electron chi connectivity index (χ4n) is 2.50. The number of hydrogen-bond acceptors (Lipinski definition) is 3. The van der Waals surface area contributed by atoms with Crippen LogP contribution < -0.4 is 10.3 Å². The van der Waals surface area contributed by atoms with E-state index in [1.807, 2.05) is 31.2 Å². The van der Waals surface area contributed by atoms with Gasteiger partial charge < -0.3 is 9.30 Å². The first kappa shape index (κ1) is 16.0. The summed E-state index contributed by atoms with van der Waals surface area (Å²) in [7, 11) is 1.60. The molecule has 0 spiro atoms. The quantitative estimate of drug-likeness (QED) is 0.670. The standard InChI is InChI=1S/C17H14BrClN2O2/c1-10-5-11-6-14(18)16(23-2)7-15(11)21(17(10)22)9-13-4-3-12(19)8-20-13/h3-8H,9H2,1-2H3. The van der Waals surface area contributed by atoms with Crippen LogP contribution in [-0.4, -0.2) is 16.7 Å². The third kappa shape index (κ3) is 3.12. The molecule has 1 aromatic carbocycles. The lowest BCUT2D eigenvalue weighted by molar-refractivity contribution is 0.412. The van der Waals surface area contributed by atoms with Crippen LogP contribution in [0.3, 0.4) is 0 Å². The molecule has 0 aliphatic heterocycles. The Morgan fingerprint density at radius 1 is 1.30 bits per heavy atom. The van der Waals surface area contributed by atoms with Gasteiger partial charge in [-0.2, -0.15) is 0 Å². The molecule has 0 radical (unpaired) electrons. The van der Waals surface area contributed by atoms with Crippen molar-refractivity contribution < 1.29 is 4.74 Å². The van der Waals surface area contributed by atoms with Gasteiger partial charge in [0.2, 0.25) is 0 Å². The van der Waals surface area contributed by atoms with Crippen molar-refractivity contribution >= 4 is 38.4 Å². The van der Waals surface area contributed by atoms with Crippen molar-refractivity contribution in [2.24, 2.45) is 0 Å². The number of halogens is 2. The molecule has 2 heterocycles. The highest BCUT2D eigenvalue weighted by Gasteiger charge is 2.11. The van der Waals surface area contributed by atoms with E-state index >= 15 is 0 Å². The van der Waals surface area contributed by atoms with E-state index in [-0.39, 0.29) is 5.56 Å². The van der Waals surface area contributed by atoms with Crippen molar-refractivity contribution in [3.05, 3.63) is 67.6 Å². The summed E-state index contributed by atoms with van der Waals surface area (Å²) in [6.07, 6.45) is 1.58. The van der Waals surface area contributed by atoms with Gasteiger partial charge in [0.05, 0.1) is 34.4 Å². The van der Waals surface area contributed by atoms with E-state index in [0.717, 1.165) is 21.1 Å². The van der Waals surface area contributed by atoms with Gasteiger partial charge in [0, 0.05) is 23.2 Å². The summed E-state index contributed by atoms with van der Waals surface area (Å²) in [5.41, 5.74) is 2.21. The lowest BCUT2D eigenvalue weighted by Gasteiger charge is -2.13. The SMILES string of the molecule is COc1cc2c(cc1Br)cc(C)c(=O)n2Cc1ccc(Cl)cn1. The first-order chi connectivity index (χ1) is 11.0. The average Bonchev–Trinajstić information content (AvgIpc) is 2.53. The molecule has 4 nitrogen and oxygen atoms in total. The van der Waals surface area contributed by atoms with Gasteiger partial charge in [-0.25, -0.2) is 0 Å². The first-order valence-electron chi connectivity index (χ1n) is 6.97. The molecule has 0 amide bonds. The Hall–Kier alpha value is -1.85. The molecule has 0 atom stereocenters. The summed E-state index contributed by atoms with van der Waals surface area (Å²) < 4.78 is 7.90. The van der Waals surface area contributed by atoms with E-state index in [2.05, 4.69) is 20.9 Å². The fourth-order valence-corrected chi connectivity index (χ4v) is 3.13. The zero-order chi connectivity index (χ0) is 16.6. The summed E-state index contributed by atoms with van der Waals surface area (Å²) in [5, 5.41) is 1.53. The van der Waals surface area contributed by atoms with Gasteiger partial charge in [-0.3, -0.25) is 9.78 Å². The van der Waals surface area contributed by atoms with Crippen LogP contribution in [0.5, 0.6) is 5.75 Å². The second-order valence-corrected chi connectivity index (χ2v) is 6.52. The predicted octanol–water partition coefficient (Wildman–Crippen LogP) is 4.18. The van der Waals surface area contributed by atoms with Crippen molar-refractivity contribution in [1.82, 2.24) is 9.55 Å². The van der Waals surface area contributed by atoms with Crippen LogP contribution in [0.2, 0.25) is 5.02 Å². The van der Waals surface area contributed by atoms with Gasteiger partial charge >= 0.3 is 0 Å². The van der Waals surface area contributed by atoms with E-state index in [9.17, 15) is 4.79 Å². The molecule has 0 N–H and O–H groups in total. The van der Waals surface area contributed by atoms with E-state index in [1.165, 1.54) is 0 Å². The average molecular weight is 394 g/mol. The van der Waals surface area contributed by atoms with Crippen LogP contribution in [0, 0.1) is 6.92 Å². The maximum absolute atomic E-state index is 12.6. The van der Waals surface area contributed by atoms with Crippen molar-refractivity contribution in [3.63, 3.8) is 0 Å². The summed E-state index contributed by atoms with van der Waals surface area (Å²) in [4.78, 5) is 16.9. The zero-order valence-corrected chi connectivity index (χ0v) is 15.0. The van der Waals surface area contributed by atoms with Crippen LogP contribution in [-0.2, 0) is 6.54 Å². The van der Waals surface area contributed by atoms with Gasteiger partial charge in [0.25, 0.3) is 5.56 Å². The Labute approximate surface area is 146 Å². The van der Waals surface area contributed by atoms with Crippen LogP contribution in [0.25, 0.3) is 10.9 Å². The molecule has 0 unspecified atom stereocenters. The summed E-state index contributed by atoms with van der Waals surface area (Å²) in [6.45, 7) is 2.19. The molecule has 0 bridgehead atoms. The van der Waals surface area contributed by atoms with Crippen molar-refractivity contribution in [1.29, 1.82) is 0 Å². The number of hydrogen-bond donors (Lipinski definition) is 0. The molecular weight excluding hydrogens is 380 g/mol. The number of benzene rings is 1. The molecule has 0 aliphatic rings. The van der Waals surface area contributed by atoms with Gasteiger partial charge in [0.15, 0.2) is 0 Å². The van der Waals surface area contributed by atoms with Crippen molar-refractivity contribution in [3.8, 4) is 5.75 Å². The number of rotatable bonds is 3. The molecule has 3 aromatic rings. The van der Waals surface area contributed by atoms with Gasteiger partial charge in [0.1, 0.15) is 5.75 Å². The third-order valence-electron chi connectivity index (χ3n) is 3.66. The molecule has 118 valence electrons. The molecule has 0 saturated carbocycles. The number of ether oxygens (including phenoxy) is 1. The number of aryl methyl sites for hydroxylation is 1. The lowest BCUT2D eigenvalue weighted by atomic mass is 10.1. The summed E-state index contributed by atoms with van der Waals surface area (Å²) in [6, 6.07) is 9.28. The van der Waals surface area contributed by atoms with E-state index < -0.39 is 0 Å². The van der Waals surface area contributed by atoms with Crippen molar-refractivity contribution in [2.75, 3.05) is 7.11 Å². The number of methoxy groups -OCH3 is 1. The second-order valence-electron chi connectivity index (χ2n) is 5.23. The highest BCUT2D eigenvalue weighted by molar-refractivity contribution is 9.10. The van der Waals surface area contributed by atoms with E-state index in [0.29, 0.717) is 22.9 Å². The molecule has 3 rings (SSSR count). The number of aromatic nitrogens is 2. The highest BCUT2D eigenvalue weighted by atomic mass is 79.9. The van der Waals surface area contributed by atoms with Crippen LogP contribution in [0.4, 0.5) is 0 Å². The number of pyridine rings is 2. The Morgan fingerprint density at radius 3 is 2.74 bits per heavy atom. The molecule has 23 heavy (non-hydrogen) atoms. The largest absolute Gasteiger partial charge is 0.495 e. The fraction of sp³-hybridized carbons (Fsp3) is 0.176. The van der Waals surface area contributed by atoms with E-state index in [4.69, 9.17) is 16.3 Å². The van der Waals surface area contributed by atoms with Crippen LogP contribution in [0.1, 0.15) is 11.3 Å². The van der Waals surface area contributed by atoms with E-state index in [1.54, 1.807) is 23.9 Å². The minimum atomic E-state index is -0.0429. The first-order valence-corrected chi connectivity index (χ1v) is 8.15. The lowest BCUT2D eigenvalue weighted by Crippen LogP contribution is -2.23. The number of nitrogens with zero attached hydrogens (tertiary/aromatic N) is 2. The smallest absolute Gasteiger partial charge is 0.254 e. The normalized spacial score (nSPS) is 11.0. The van der Waals surface area contributed by atoms with Gasteiger partial charge in [-0.1, -0.05) is 11.6 Å². The Bertz CT molecular complexity index is 936. The monoisotopic (exact) mass is 392 g/mol. The third-order valence-corrected chi connectivity index (χ3v) is 4.50. The van der Waals surface area contributed by atoms with Crippen LogP contribution >= 0.6 is 27.5 Å². The second kappa shape index (κ2) is 6.34. The molecule has 0 saturated heterocycles. The molecule has 0 fully saturated rings. The van der Waals surface area contributed by atoms with Gasteiger partial charge in [-0.15, -0.1) is 0 Å². The maximum Gasteiger partial charge on any atom is 0.254 e. The topological polar surface area (TPSA) is 44.1 Å². The molecule has 6 heteroatoms. The zero-order valence-electron chi connectivity index (χ0n) is 12.6. The number of fused-ring (bicyclic) bond motifs is 1. The van der Waals surface area contributed by atoms with Crippen LogP contribution in [0.15, 0.2) is 45.8 Å². The molecule has 2 aromatic heterocycles. The molecular formula is C17H14BrClN2O2. The van der Waals surface area contributed by atoms with Crippen molar-refractivity contribution in [2.45, 2.75) is 13.5 Å². The minimum absolute atomic E-state index is 0.0429. The summed E-state index contributed by atoms with van der Waals surface area (Å²) >= 11 is 9.35. The van der Waals surface area contributed by atoms with Gasteiger partial charge in [-0.05, 0) is 47.1 Å². The minimum Gasteiger partial charge on any atom is -0.495 e. The maximum atomic E-state index is 12.6.